The fraction of sp³-hybridized carbons (Fsp3) is 0. The first-order chi connectivity index (χ1) is 27.3. The van der Waals surface area contributed by atoms with Gasteiger partial charge in [0.15, 0.2) is 0 Å². The van der Waals surface area contributed by atoms with Gasteiger partial charge in [0.1, 0.15) is 0 Å². The van der Waals surface area contributed by atoms with Crippen molar-refractivity contribution in [3.8, 4) is 22.5 Å². The third-order valence-electron chi connectivity index (χ3n) is 11.1. The van der Waals surface area contributed by atoms with Crippen molar-refractivity contribution >= 4 is 71.4 Å². The van der Waals surface area contributed by atoms with Gasteiger partial charge in [-0.15, -0.1) is 0 Å². The average molecular weight is 702 g/mol. The molecule has 9 aromatic carbocycles. The van der Waals surface area contributed by atoms with E-state index in [0.29, 0.717) is 0 Å². The summed E-state index contributed by atoms with van der Waals surface area (Å²) in [6.45, 7) is 0. The van der Waals surface area contributed by atoms with Crippen LogP contribution in [-0.2, 0) is 0 Å². The van der Waals surface area contributed by atoms with Gasteiger partial charge in [0.05, 0.1) is 27.8 Å². The molecule has 0 radical (unpaired) electrons. The maximum atomic E-state index is 2.41. The predicted molar refractivity (Wildman–Crippen MR) is 233 cm³/mol. The number of fused-ring (bicyclic) bond motifs is 7. The van der Waals surface area contributed by atoms with Crippen LogP contribution in [0.25, 0.3) is 76.9 Å². The van der Waals surface area contributed by atoms with Crippen molar-refractivity contribution < 1.29 is 0 Å². The molecule has 0 fully saturated rings. The normalized spacial score (nSPS) is 11.6. The van der Waals surface area contributed by atoms with Crippen molar-refractivity contribution in [1.82, 2.24) is 9.13 Å². The average Bonchev–Trinajstić information content (AvgIpc) is 3.77. The van der Waals surface area contributed by atoms with E-state index in [9.17, 15) is 0 Å². The van der Waals surface area contributed by atoms with Crippen LogP contribution in [0.2, 0.25) is 0 Å². The van der Waals surface area contributed by atoms with Gasteiger partial charge in [-0.2, -0.15) is 0 Å². The Morgan fingerprint density at radius 1 is 0.291 bits per heavy atom. The van der Waals surface area contributed by atoms with Gasteiger partial charge >= 0.3 is 0 Å². The smallest absolute Gasteiger partial charge is 0.0542 e. The molecule has 11 aromatic rings. The quantitative estimate of drug-likeness (QED) is 0.168. The van der Waals surface area contributed by atoms with Crippen LogP contribution in [0.15, 0.2) is 212 Å². The van der Waals surface area contributed by atoms with Gasteiger partial charge in [-0.05, 0) is 95.4 Å². The summed E-state index contributed by atoms with van der Waals surface area (Å²) >= 11 is 0. The van der Waals surface area contributed by atoms with Gasteiger partial charge in [-0.25, -0.2) is 0 Å². The largest absolute Gasteiger partial charge is 0.310 e. The second kappa shape index (κ2) is 12.6. The lowest BCUT2D eigenvalue weighted by Gasteiger charge is -2.27. The van der Waals surface area contributed by atoms with Crippen LogP contribution < -0.4 is 4.90 Å². The van der Waals surface area contributed by atoms with Gasteiger partial charge in [0.2, 0.25) is 0 Å². The summed E-state index contributed by atoms with van der Waals surface area (Å²) in [4.78, 5) is 2.41. The van der Waals surface area contributed by atoms with Crippen LogP contribution in [0.3, 0.4) is 0 Å². The van der Waals surface area contributed by atoms with Gasteiger partial charge in [-0.1, -0.05) is 133 Å². The molecule has 0 amide bonds. The molecule has 55 heavy (non-hydrogen) atoms. The van der Waals surface area contributed by atoms with E-state index in [2.05, 4.69) is 226 Å². The number of hydrogen-bond donors (Lipinski definition) is 0. The van der Waals surface area contributed by atoms with Gasteiger partial charge in [-0.3, -0.25) is 0 Å². The van der Waals surface area contributed by atoms with Crippen molar-refractivity contribution in [2.24, 2.45) is 0 Å². The molecule has 3 nitrogen and oxygen atoms in total. The first kappa shape index (κ1) is 31.2. The third kappa shape index (κ3) is 5.05. The van der Waals surface area contributed by atoms with Crippen LogP contribution in [0.1, 0.15) is 0 Å². The summed E-state index contributed by atoms with van der Waals surface area (Å²) in [5.74, 6) is 0. The first-order valence-corrected chi connectivity index (χ1v) is 18.9. The fourth-order valence-corrected chi connectivity index (χ4v) is 8.59. The topological polar surface area (TPSA) is 13.1 Å². The monoisotopic (exact) mass is 701 g/mol. The molecule has 0 aliphatic carbocycles. The molecule has 3 heteroatoms. The van der Waals surface area contributed by atoms with E-state index >= 15 is 0 Å². The van der Waals surface area contributed by atoms with Crippen LogP contribution >= 0.6 is 0 Å². The summed E-state index contributed by atoms with van der Waals surface area (Å²) in [5, 5.41) is 7.40. The van der Waals surface area contributed by atoms with Crippen molar-refractivity contribution in [2.75, 3.05) is 4.90 Å². The third-order valence-corrected chi connectivity index (χ3v) is 11.1. The second-order valence-electron chi connectivity index (χ2n) is 14.2. The van der Waals surface area contributed by atoms with E-state index in [1.54, 1.807) is 0 Å². The molecule has 2 aromatic heterocycles. The summed E-state index contributed by atoms with van der Waals surface area (Å²) in [5.41, 5.74) is 12.8. The van der Waals surface area contributed by atoms with Crippen LogP contribution in [0.4, 0.5) is 17.1 Å². The zero-order valence-corrected chi connectivity index (χ0v) is 30.0. The molecule has 0 aliphatic rings. The maximum Gasteiger partial charge on any atom is 0.0542 e. The molecule has 0 aliphatic heterocycles. The zero-order chi connectivity index (χ0) is 36.3. The Bertz CT molecular complexity index is 3130. The number of rotatable bonds is 6. The van der Waals surface area contributed by atoms with Crippen LogP contribution in [0, 0.1) is 0 Å². The van der Waals surface area contributed by atoms with Crippen molar-refractivity contribution in [1.29, 1.82) is 0 Å². The number of hydrogen-bond acceptors (Lipinski definition) is 1. The van der Waals surface area contributed by atoms with E-state index in [1.165, 1.54) is 65.5 Å². The van der Waals surface area contributed by atoms with E-state index in [-0.39, 0.29) is 0 Å². The van der Waals surface area contributed by atoms with E-state index in [0.717, 1.165) is 28.4 Å². The minimum atomic E-state index is 1.11. The highest BCUT2D eigenvalue weighted by molar-refractivity contribution is 6.12. The summed E-state index contributed by atoms with van der Waals surface area (Å²) in [6, 6.07) is 76.9. The first-order valence-electron chi connectivity index (χ1n) is 18.9. The number of aromatic nitrogens is 2. The summed E-state index contributed by atoms with van der Waals surface area (Å²) in [6.07, 6.45) is 0. The van der Waals surface area contributed by atoms with Crippen molar-refractivity contribution in [3.63, 3.8) is 0 Å². The Kier molecular flexibility index (Phi) is 7.17. The lowest BCUT2D eigenvalue weighted by atomic mass is 10.0. The highest BCUT2D eigenvalue weighted by Crippen LogP contribution is 2.43. The van der Waals surface area contributed by atoms with Crippen LogP contribution in [-0.4, -0.2) is 9.13 Å². The zero-order valence-electron chi connectivity index (χ0n) is 30.0. The Labute approximate surface area is 319 Å². The van der Waals surface area contributed by atoms with E-state index in [1.807, 2.05) is 0 Å². The summed E-state index contributed by atoms with van der Waals surface area (Å²) in [7, 11) is 0. The fourth-order valence-electron chi connectivity index (χ4n) is 8.59. The molecule has 0 atom stereocenters. The van der Waals surface area contributed by atoms with Gasteiger partial charge in [0, 0.05) is 49.7 Å². The second-order valence-corrected chi connectivity index (χ2v) is 14.2. The molecular formula is C52H35N3. The molecule has 0 saturated heterocycles. The lowest BCUT2D eigenvalue weighted by Crippen LogP contribution is -2.10. The molecule has 2 heterocycles. The van der Waals surface area contributed by atoms with Gasteiger partial charge in [0.25, 0.3) is 0 Å². The number of benzene rings is 9. The number of anilines is 3. The van der Waals surface area contributed by atoms with E-state index in [4.69, 9.17) is 0 Å². The molecule has 0 bridgehead atoms. The Morgan fingerprint density at radius 3 is 1.36 bits per heavy atom. The standard InChI is InChI=1S/C52H35N3/c1-2-13-36(14-3-1)37-25-27-39(28-26-37)53(48-24-12-16-38-15-4-5-17-43(38)48)42-33-34-52-47(35-42)46-20-8-11-23-51(46)55(52)41-31-29-40(30-32-41)54-49-21-9-6-18-44(49)45-19-7-10-22-50(45)54/h1-35H. The van der Waals surface area contributed by atoms with E-state index < -0.39 is 0 Å². The van der Waals surface area contributed by atoms with Crippen molar-refractivity contribution in [2.45, 2.75) is 0 Å². The predicted octanol–water partition coefficient (Wildman–Crippen LogP) is 14.2. The highest BCUT2D eigenvalue weighted by atomic mass is 15.1. The Balaban J connectivity index is 1.07. The summed E-state index contributed by atoms with van der Waals surface area (Å²) < 4.78 is 4.78. The minimum absolute atomic E-state index is 1.11. The van der Waals surface area contributed by atoms with Crippen molar-refractivity contribution in [3.05, 3.63) is 212 Å². The Morgan fingerprint density at radius 2 is 0.745 bits per heavy atom. The highest BCUT2D eigenvalue weighted by Gasteiger charge is 2.19. The van der Waals surface area contributed by atoms with Crippen LogP contribution in [0.5, 0.6) is 0 Å². The Hall–Kier alpha value is -7.36. The molecule has 0 saturated carbocycles. The molecule has 0 N–H and O–H groups in total. The molecular weight excluding hydrogens is 667 g/mol. The molecule has 0 unspecified atom stereocenters. The van der Waals surface area contributed by atoms with Gasteiger partial charge < -0.3 is 14.0 Å². The molecule has 258 valence electrons. The number of para-hydroxylation sites is 3. The molecule has 0 spiro atoms. The maximum absolute atomic E-state index is 2.41. The molecule has 11 rings (SSSR count). The minimum Gasteiger partial charge on any atom is -0.310 e. The SMILES string of the molecule is c1ccc(-c2ccc(N(c3ccc4c(c3)c3ccccc3n4-c3ccc(-n4c5ccccc5c5ccccc54)cc3)c3cccc4ccccc34)cc2)cc1. The lowest BCUT2D eigenvalue weighted by molar-refractivity contribution is 1.14. The number of nitrogens with zero attached hydrogens (tertiary/aromatic N) is 3.